The fourth-order valence-electron chi connectivity index (χ4n) is 4.14. The van der Waals surface area contributed by atoms with E-state index in [0.29, 0.717) is 23.7 Å². The molecule has 6 heteroatoms. The topological polar surface area (TPSA) is 66.4 Å². The molecule has 0 radical (unpaired) electrons. The largest absolute Gasteiger partial charge is 0.726 e. The van der Waals surface area contributed by atoms with Crippen LogP contribution in [0.5, 0.6) is 0 Å². The lowest BCUT2D eigenvalue weighted by Crippen LogP contribution is -2.18. The van der Waals surface area contributed by atoms with Gasteiger partial charge in [-0.05, 0) is 36.6 Å². The minimum absolute atomic E-state index is 0.392. The quantitative estimate of drug-likeness (QED) is 0.189. The summed E-state index contributed by atoms with van der Waals surface area (Å²) in [7, 11) is -3.91. The van der Waals surface area contributed by atoms with Crippen molar-refractivity contribution in [2.24, 2.45) is 0 Å². The summed E-state index contributed by atoms with van der Waals surface area (Å²) in [6.07, 6.45) is 16.9. The lowest BCUT2D eigenvalue weighted by molar-refractivity contribution is 0.154. The molecule has 0 atom stereocenters. The highest BCUT2D eigenvalue weighted by Crippen LogP contribution is 2.19. The van der Waals surface area contributed by atoms with Crippen LogP contribution in [0.4, 0.5) is 0 Å². The monoisotopic (exact) mass is 500 g/mol. The molecule has 4 nitrogen and oxygen atoms in total. The van der Waals surface area contributed by atoms with Crippen LogP contribution in [0.3, 0.4) is 0 Å². The molecule has 0 aromatic heterocycles. The van der Waals surface area contributed by atoms with Gasteiger partial charge in [-0.25, -0.2) is 8.42 Å². The molecule has 0 saturated heterocycles. The maximum atomic E-state index is 10.6. The summed E-state index contributed by atoms with van der Waals surface area (Å²) in [4.78, 5) is 0. The van der Waals surface area contributed by atoms with Crippen LogP contribution in [0.15, 0.2) is 30.3 Å². The highest BCUT2D eigenvalue weighted by Gasteiger charge is 2.17. The molecule has 2 rings (SSSR count). The highest BCUT2D eigenvalue weighted by atomic mass is 32.3. The molecule has 0 bridgehead atoms. The number of benzene rings is 1. The van der Waals surface area contributed by atoms with Gasteiger partial charge in [-0.15, -0.1) is 0 Å². The van der Waals surface area contributed by atoms with Crippen LogP contribution in [0.1, 0.15) is 116 Å². The van der Waals surface area contributed by atoms with E-state index in [1.165, 1.54) is 80.6 Å². The fourth-order valence-corrected chi connectivity index (χ4v) is 7.22. The van der Waals surface area contributed by atoms with Crippen molar-refractivity contribution < 1.29 is 17.2 Å². The highest BCUT2D eigenvalue weighted by molar-refractivity contribution is 7.96. The summed E-state index contributed by atoms with van der Waals surface area (Å²) >= 11 is 0. The molecular weight excluding hydrogens is 452 g/mol. The maximum Gasteiger partial charge on any atom is 0.217 e. The number of hydrogen-bond donors (Lipinski definition) is 0. The number of rotatable bonds is 10. The normalized spacial score (nSPS) is 17.0. The summed E-state index contributed by atoms with van der Waals surface area (Å²) in [5.74, 6) is 4.18. The van der Waals surface area contributed by atoms with Gasteiger partial charge in [0.15, 0.2) is 0 Å². The van der Waals surface area contributed by atoms with Gasteiger partial charge in [0.1, 0.15) is 17.3 Å². The third kappa shape index (κ3) is 18.4. The van der Waals surface area contributed by atoms with Gasteiger partial charge >= 0.3 is 0 Å². The molecule has 33 heavy (non-hydrogen) atoms. The van der Waals surface area contributed by atoms with E-state index in [2.05, 4.69) is 48.4 Å². The first kappa shape index (κ1) is 30.5. The number of unbranched alkanes of at least 4 members (excludes halogenated alkanes) is 2. The number of hydrogen-bond acceptors (Lipinski definition) is 4. The van der Waals surface area contributed by atoms with E-state index in [-0.39, 0.29) is 0 Å². The molecule has 192 valence electrons. The zero-order chi connectivity index (χ0) is 24.2. The average molecular weight is 501 g/mol. The van der Waals surface area contributed by atoms with E-state index in [1.807, 2.05) is 0 Å². The predicted molar refractivity (Wildman–Crippen MR) is 142 cm³/mol. The summed E-state index contributed by atoms with van der Waals surface area (Å²) < 4.78 is 36.4. The Bertz CT molecular complexity index is 644. The molecule has 1 fully saturated rings. The Morgan fingerprint density at radius 1 is 0.818 bits per heavy atom. The van der Waals surface area contributed by atoms with Gasteiger partial charge in [-0.2, -0.15) is 0 Å². The molecule has 0 heterocycles. The zero-order valence-electron chi connectivity index (χ0n) is 21.1. The van der Waals surface area contributed by atoms with E-state index < -0.39 is 16.5 Å². The van der Waals surface area contributed by atoms with Crippen LogP contribution in [-0.4, -0.2) is 30.6 Å². The molecule has 0 amide bonds. The maximum absolute atomic E-state index is 10.6. The van der Waals surface area contributed by atoms with Gasteiger partial charge in [-0.3, -0.25) is 4.18 Å². The summed E-state index contributed by atoms with van der Waals surface area (Å²) in [5.41, 5.74) is 1.53. The van der Waals surface area contributed by atoms with Crippen molar-refractivity contribution in [3.05, 3.63) is 35.9 Å². The van der Waals surface area contributed by atoms with Crippen molar-refractivity contribution >= 4 is 21.3 Å². The Labute approximate surface area is 207 Å². The minimum Gasteiger partial charge on any atom is -0.726 e. The third-order valence-corrected chi connectivity index (χ3v) is 9.07. The lowest BCUT2D eigenvalue weighted by atomic mass is 10.00. The molecule has 0 unspecified atom stereocenters. The Morgan fingerprint density at radius 2 is 1.27 bits per heavy atom. The molecule has 1 aliphatic rings. The molecule has 1 aliphatic carbocycles. The molecule has 0 N–H and O–H groups in total. The standard InChI is InChI=1S/C15H25S.C12H24O4S/c1-3-5-12-16(13-6-4-2)14-15-10-8-7-9-11-15;13-17(14,15)16-12-10-8-6-4-2-1-3-5-7-9-11-12/h7-11H,3-6,12-14H2,1-2H3;12H,1-11H2,(H,13,14,15)/q+1;/p-1. The Balaban J connectivity index is 0.000000331. The summed E-state index contributed by atoms with van der Waals surface area (Å²) in [6, 6.07) is 11.0. The smallest absolute Gasteiger partial charge is 0.217 e. The molecule has 1 saturated carbocycles. The first-order chi connectivity index (χ1) is 15.9. The first-order valence-electron chi connectivity index (χ1n) is 13.3. The van der Waals surface area contributed by atoms with Crippen LogP contribution in [0.25, 0.3) is 0 Å². The second kappa shape index (κ2) is 19.7. The van der Waals surface area contributed by atoms with E-state index in [0.717, 1.165) is 25.7 Å². The van der Waals surface area contributed by atoms with Gasteiger partial charge in [-0.1, -0.05) is 115 Å². The Hall–Kier alpha value is -0.560. The zero-order valence-corrected chi connectivity index (χ0v) is 22.8. The summed E-state index contributed by atoms with van der Waals surface area (Å²) in [6.45, 7) is 4.59. The molecule has 1 aromatic carbocycles. The SMILES string of the molecule is CCCC[S+](CCCC)Cc1ccccc1.O=S(=O)([O-])OC1CCCCCCCCCCC1. The predicted octanol–water partition coefficient (Wildman–Crippen LogP) is 7.54. The Morgan fingerprint density at radius 3 is 1.70 bits per heavy atom. The van der Waals surface area contributed by atoms with Gasteiger partial charge in [0.2, 0.25) is 10.4 Å². The fraction of sp³-hybridized carbons (Fsp3) is 0.778. The average Bonchev–Trinajstić information content (AvgIpc) is 2.78. The summed E-state index contributed by atoms with van der Waals surface area (Å²) in [5, 5.41) is 0. The molecular formula is C27H48O4S2. The van der Waals surface area contributed by atoms with Crippen LogP contribution in [0, 0.1) is 0 Å². The molecule has 0 aliphatic heterocycles. The minimum atomic E-state index is -4.54. The van der Waals surface area contributed by atoms with Gasteiger partial charge in [0.05, 0.1) is 6.10 Å². The first-order valence-corrected chi connectivity index (χ1v) is 16.3. The second-order valence-electron chi connectivity index (χ2n) is 9.24. The van der Waals surface area contributed by atoms with Gasteiger partial charge in [0, 0.05) is 5.56 Å². The molecule has 1 aromatic rings. The van der Waals surface area contributed by atoms with Crippen LogP contribution in [-0.2, 0) is 31.2 Å². The van der Waals surface area contributed by atoms with Crippen LogP contribution < -0.4 is 0 Å². The second-order valence-corrected chi connectivity index (χ2v) is 12.6. The van der Waals surface area contributed by atoms with Gasteiger partial charge in [0.25, 0.3) is 0 Å². The van der Waals surface area contributed by atoms with Crippen LogP contribution >= 0.6 is 0 Å². The van der Waals surface area contributed by atoms with Crippen molar-refractivity contribution in [2.45, 2.75) is 122 Å². The van der Waals surface area contributed by atoms with Crippen molar-refractivity contribution in [3.8, 4) is 0 Å². The van der Waals surface area contributed by atoms with Crippen molar-refractivity contribution in [1.82, 2.24) is 0 Å². The lowest BCUT2D eigenvalue weighted by Gasteiger charge is -2.19. The van der Waals surface area contributed by atoms with Crippen molar-refractivity contribution in [1.29, 1.82) is 0 Å². The van der Waals surface area contributed by atoms with E-state index in [9.17, 15) is 13.0 Å². The Kier molecular flexibility index (Phi) is 18.2. The van der Waals surface area contributed by atoms with Gasteiger partial charge < -0.3 is 4.55 Å². The van der Waals surface area contributed by atoms with E-state index >= 15 is 0 Å². The molecule has 0 spiro atoms. The van der Waals surface area contributed by atoms with E-state index in [1.54, 1.807) is 0 Å². The van der Waals surface area contributed by atoms with E-state index in [4.69, 9.17) is 0 Å². The third-order valence-electron chi connectivity index (χ3n) is 6.09. The van der Waals surface area contributed by atoms with Crippen molar-refractivity contribution in [2.75, 3.05) is 11.5 Å². The van der Waals surface area contributed by atoms with Crippen LogP contribution in [0.2, 0.25) is 0 Å². The van der Waals surface area contributed by atoms with Crippen molar-refractivity contribution in [3.63, 3.8) is 0 Å².